The summed E-state index contributed by atoms with van der Waals surface area (Å²) in [6.45, 7) is 4.82. The Balaban J connectivity index is 0.00000264. The second kappa shape index (κ2) is 9.65. The van der Waals surface area contributed by atoms with Crippen LogP contribution in [-0.4, -0.2) is 66.5 Å². The van der Waals surface area contributed by atoms with Crippen LogP contribution in [0.3, 0.4) is 0 Å². The van der Waals surface area contributed by atoms with Gasteiger partial charge in [0.15, 0.2) is 5.96 Å². The van der Waals surface area contributed by atoms with Gasteiger partial charge in [-0.2, -0.15) is 0 Å². The molecule has 1 saturated heterocycles. The zero-order valence-electron chi connectivity index (χ0n) is 13.2. The normalized spacial score (nSPS) is 16.8. The number of carbonyl (C=O) groups excluding carboxylic acids is 1. The van der Waals surface area contributed by atoms with Crippen molar-refractivity contribution < 1.29 is 9.90 Å². The molecule has 1 aromatic heterocycles. The maximum atomic E-state index is 11.3. The Morgan fingerprint density at radius 1 is 1.39 bits per heavy atom. The number of amides is 1. The van der Waals surface area contributed by atoms with Crippen LogP contribution in [0.15, 0.2) is 17.1 Å². The van der Waals surface area contributed by atoms with Crippen molar-refractivity contribution in [3.8, 4) is 0 Å². The molecule has 2 N–H and O–H groups in total. The Labute approximate surface area is 162 Å². The van der Waals surface area contributed by atoms with Crippen LogP contribution < -0.4 is 5.32 Å². The summed E-state index contributed by atoms with van der Waals surface area (Å²) in [4.78, 5) is 20.3. The summed E-state index contributed by atoms with van der Waals surface area (Å²) in [5, 5.41) is 13.3. The van der Waals surface area contributed by atoms with E-state index in [9.17, 15) is 9.90 Å². The Morgan fingerprint density at radius 2 is 2.00 bits per heavy atom. The largest absolute Gasteiger partial charge is 0.386 e. The van der Waals surface area contributed by atoms with Crippen LogP contribution in [0.25, 0.3) is 0 Å². The fraction of sp³-hybridized carbons (Fsp3) is 0.571. The van der Waals surface area contributed by atoms with E-state index in [2.05, 4.69) is 15.2 Å². The van der Waals surface area contributed by atoms with E-state index >= 15 is 0 Å². The summed E-state index contributed by atoms with van der Waals surface area (Å²) in [7, 11) is 1.72. The summed E-state index contributed by atoms with van der Waals surface area (Å²) in [5.41, 5.74) is 0. The van der Waals surface area contributed by atoms with Crippen LogP contribution in [0.2, 0.25) is 4.34 Å². The standard InChI is InChI=1S/C14H21ClN4O2S.HI/c1-10(20)18-5-7-19(8-6-18)14(16-2)17-9-11(21)12-3-4-13(15)22-12;/h3-4,11,21H,5-9H2,1-2H3,(H,16,17);1H. The molecule has 23 heavy (non-hydrogen) atoms. The number of nitrogens with one attached hydrogen (secondary N) is 1. The number of hydrogen-bond acceptors (Lipinski definition) is 4. The molecule has 130 valence electrons. The van der Waals surface area contributed by atoms with E-state index in [1.807, 2.05) is 11.0 Å². The summed E-state index contributed by atoms with van der Waals surface area (Å²) in [6, 6.07) is 3.61. The fourth-order valence-electron chi connectivity index (χ4n) is 2.36. The predicted molar refractivity (Wildman–Crippen MR) is 105 cm³/mol. The lowest BCUT2D eigenvalue weighted by Crippen LogP contribution is -2.53. The maximum Gasteiger partial charge on any atom is 0.219 e. The Kier molecular flexibility index (Phi) is 8.59. The number of thiophene rings is 1. The van der Waals surface area contributed by atoms with E-state index in [-0.39, 0.29) is 29.9 Å². The minimum Gasteiger partial charge on any atom is -0.386 e. The van der Waals surface area contributed by atoms with Crippen molar-refractivity contribution in [2.75, 3.05) is 39.8 Å². The van der Waals surface area contributed by atoms with Gasteiger partial charge >= 0.3 is 0 Å². The fourth-order valence-corrected chi connectivity index (χ4v) is 3.41. The van der Waals surface area contributed by atoms with Crippen molar-refractivity contribution in [1.29, 1.82) is 0 Å². The number of hydrogen-bond donors (Lipinski definition) is 2. The van der Waals surface area contributed by atoms with Crippen LogP contribution in [0, 0.1) is 0 Å². The number of aliphatic hydroxyl groups is 1. The van der Waals surface area contributed by atoms with Crippen LogP contribution in [0.5, 0.6) is 0 Å². The highest BCUT2D eigenvalue weighted by Gasteiger charge is 2.21. The quantitative estimate of drug-likeness (QED) is 0.400. The Morgan fingerprint density at radius 3 is 2.48 bits per heavy atom. The highest BCUT2D eigenvalue weighted by molar-refractivity contribution is 14.0. The van der Waals surface area contributed by atoms with E-state index in [4.69, 9.17) is 11.6 Å². The first kappa shape index (κ1) is 20.5. The van der Waals surface area contributed by atoms with Crippen molar-refractivity contribution in [2.45, 2.75) is 13.0 Å². The highest BCUT2D eigenvalue weighted by atomic mass is 127. The SMILES string of the molecule is CN=C(NCC(O)c1ccc(Cl)s1)N1CCN(C(C)=O)CC1.I. The lowest BCUT2D eigenvalue weighted by molar-refractivity contribution is -0.130. The number of aliphatic imine (C=N–C) groups is 1. The first-order valence-electron chi connectivity index (χ1n) is 7.15. The number of piperazine rings is 1. The molecule has 2 heterocycles. The first-order valence-corrected chi connectivity index (χ1v) is 8.35. The molecule has 6 nitrogen and oxygen atoms in total. The van der Waals surface area contributed by atoms with Gasteiger partial charge in [-0.15, -0.1) is 35.3 Å². The van der Waals surface area contributed by atoms with E-state index in [0.717, 1.165) is 23.9 Å². The van der Waals surface area contributed by atoms with Gasteiger partial charge in [0.2, 0.25) is 5.91 Å². The zero-order chi connectivity index (χ0) is 16.1. The van der Waals surface area contributed by atoms with Crippen molar-refractivity contribution in [2.24, 2.45) is 4.99 Å². The van der Waals surface area contributed by atoms with E-state index in [0.29, 0.717) is 24.0 Å². The molecule has 0 spiro atoms. The third-order valence-corrected chi connectivity index (χ3v) is 4.94. The van der Waals surface area contributed by atoms with Crippen molar-refractivity contribution in [3.63, 3.8) is 0 Å². The van der Waals surface area contributed by atoms with Crippen LogP contribution >= 0.6 is 46.9 Å². The molecule has 1 atom stereocenters. The molecule has 0 aliphatic carbocycles. The van der Waals surface area contributed by atoms with Gasteiger partial charge in [-0.25, -0.2) is 0 Å². The molecule has 0 bridgehead atoms. The minimum atomic E-state index is -0.618. The molecule has 0 saturated carbocycles. The van der Waals surface area contributed by atoms with E-state index in [1.165, 1.54) is 11.3 Å². The van der Waals surface area contributed by atoms with Gasteiger partial charge in [0, 0.05) is 51.6 Å². The third-order valence-electron chi connectivity index (χ3n) is 3.61. The van der Waals surface area contributed by atoms with Crippen LogP contribution in [-0.2, 0) is 4.79 Å². The molecule has 0 radical (unpaired) electrons. The number of halogens is 2. The summed E-state index contributed by atoms with van der Waals surface area (Å²) < 4.78 is 0.666. The summed E-state index contributed by atoms with van der Waals surface area (Å²) >= 11 is 7.25. The molecule has 1 aliphatic rings. The highest BCUT2D eigenvalue weighted by Crippen LogP contribution is 2.26. The molecule has 1 aliphatic heterocycles. The Bertz CT molecular complexity index is 547. The molecule has 1 fully saturated rings. The van der Waals surface area contributed by atoms with Gasteiger partial charge in [0.25, 0.3) is 0 Å². The number of guanidine groups is 1. The predicted octanol–water partition coefficient (Wildman–Crippen LogP) is 1.79. The third kappa shape index (κ3) is 5.77. The van der Waals surface area contributed by atoms with Gasteiger partial charge < -0.3 is 20.2 Å². The van der Waals surface area contributed by atoms with E-state index < -0.39 is 6.10 Å². The average molecular weight is 473 g/mol. The Hall–Kier alpha value is -0.580. The molecule has 0 aromatic carbocycles. The number of carbonyl (C=O) groups is 1. The van der Waals surface area contributed by atoms with Gasteiger partial charge in [-0.1, -0.05) is 11.6 Å². The molecular weight excluding hydrogens is 451 g/mol. The molecule has 2 rings (SSSR count). The van der Waals surface area contributed by atoms with Crippen molar-refractivity contribution in [3.05, 3.63) is 21.3 Å². The van der Waals surface area contributed by atoms with Crippen molar-refractivity contribution >= 4 is 58.8 Å². The van der Waals surface area contributed by atoms with Crippen LogP contribution in [0.4, 0.5) is 0 Å². The van der Waals surface area contributed by atoms with Crippen molar-refractivity contribution in [1.82, 2.24) is 15.1 Å². The maximum absolute atomic E-state index is 11.3. The molecule has 9 heteroatoms. The minimum absolute atomic E-state index is 0. The second-order valence-corrected chi connectivity index (χ2v) is 6.83. The smallest absolute Gasteiger partial charge is 0.219 e. The average Bonchev–Trinajstić information content (AvgIpc) is 2.95. The molecular formula is C14H22ClIN4O2S. The summed E-state index contributed by atoms with van der Waals surface area (Å²) in [5.74, 6) is 0.845. The van der Waals surface area contributed by atoms with Gasteiger partial charge in [0.1, 0.15) is 6.10 Å². The molecule has 1 aromatic rings. The van der Waals surface area contributed by atoms with Gasteiger partial charge in [-0.05, 0) is 12.1 Å². The number of rotatable bonds is 3. The lowest BCUT2D eigenvalue weighted by atomic mass is 10.3. The molecule has 1 amide bonds. The second-order valence-electron chi connectivity index (χ2n) is 5.08. The van der Waals surface area contributed by atoms with Crippen LogP contribution in [0.1, 0.15) is 17.9 Å². The summed E-state index contributed by atoms with van der Waals surface area (Å²) in [6.07, 6.45) is -0.618. The van der Waals surface area contributed by atoms with Gasteiger partial charge in [0.05, 0.1) is 4.34 Å². The zero-order valence-corrected chi connectivity index (χ0v) is 17.1. The number of aliphatic hydroxyl groups excluding tert-OH is 1. The van der Waals surface area contributed by atoms with Gasteiger partial charge in [-0.3, -0.25) is 9.79 Å². The monoisotopic (exact) mass is 472 g/mol. The molecule has 1 unspecified atom stereocenters. The van der Waals surface area contributed by atoms with E-state index in [1.54, 1.807) is 20.0 Å². The topological polar surface area (TPSA) is 68.2 Å². The lowest BCUT2D eigenvalue weighted by Gasteiger charge is -2.36. The first-order chi connectivity index (χ1) is 10.5. The number of nitrogens with zero attached hydrogens (tertiary/aromatic N) is 3.